The molecule has 0 spiro atoms. The molecular weight excluding hydrogens is 377 g/mol. The molecule has 1 aliphatic rings. The van der Waals surface area contributed by atoms with Gasteiger partial charge in [-0.15, -0.1) is 5.10 Å². The van der Waals surface area contributed by atoms with E-state index >= 15 is 0 Å². The van der Waals surface area contributed by atoms with Crippen LogP contribution in [0.3, 0.4) is 0 Å². The molecule has 3 aromatic rings. The first kappa shape index (κ1) is 18.9. The summed E-state index contributed by atoms with van der Waals surface area (Å²) in [6, 6.07) is 8.90. The zero-order valence-electron chi connectivity index (χ0n) is 15.9. The fraction of sp³-hybridized carbons (Fsp3) is 0.400. The Hall–Kier alpha value is -2.48. The van der Waals surface area contributed by atoms with Crippen molar-refractivity contribution in [2.24, 2.45) is 0 Å². The van der Waals surface area contributed by atoms with E-state index in [1.54, 1.807) is 12.1 Å². The summed E-state index contributed by atoms with van der Waals surface area (Å²) >= 11 is 1.39. The van der Waals surface area contributed by atoms with Crippen LogP contribution in [0.25, 0.3) is 0 Å². The molecule has 1 aromatic carbocycles. The summed E-state index contributed by atoms with van der Waals surface area (Å²) in [5.74, 6) is 0.168. The van der Waals surface area contributed by atoms with Gasteiger partial charge in [-0.2, -0.15) is 0 Å². The van der Waals surface area contributed by atoms with Crippen molar-refractivity contribution in [2.75, 3.05) is 5.75 Å². The third-order valence-electron chi connectivity index (χ3n) is 5.10. The van der Waals surface area contributed by atoms with Crippen molar-refractivity contribution in [3.05, 3.63) is 58.7 Å². The third kappa shape index (κ3) is 4.01. The minimum Gasteiger partial charge on any atom is -0.348 e. The first-order valence-corrected chi connectivity index (χ1v) is 10.4. The Morgan fingerprint density at radius 2 is 2.00 bits per heavy atom. The Kier molecular flexibility index (Phi) is 5.30. The molecule has 6 nitrogen and oxygen atoms in total. The number of Topliss-reactive ketones (excluding diaryl/α,β-unsaturated/α-hetero) is 1. The number of carbonyl (C=O) groups excluding carboxylic acids is 1. The number of carbonyl (C=O) groups is 1. The van der Waals surface area contributed by atoms with Gasteiger partial charge in [0.05, 0.1) is 11.8 Å². The molecule has 28 heavy (non-hydrogen) atoms. The standard InChI is InChI=1S/C20H22FN5OS/c1-13-11-18(14(2)25(13)10-9-15-3-5-16(21)6-4-15)19(27)12-28-20-22-23-24-26(20)17-7-8-17/h3-6,11,17H,7-10,12H2,1-2H3. The van der Waals surface area contributed by atoms with Crippen LogP contribution in [0.5, 0.6) is 0 Å². The van der Waals surface area contributed by atoms with Crippen LogP contribution >= 0.6 is 11.8 Å². The highest BCUT2D eigenvalue weighted by Gasteiger charge is 2.28. The molecular formula is C20H22FN5OS. The lowest BCUT2D eigenvalue weighted by Crippen LogP contribution is -2.09. The van der Waals surface area contributed by atoms with Crippen molar-refractivity contribution in [1.82, 2.24) is 24.8 Å². The molecule has 146 valence electrons. The second kappa shape index (κ2) is 7.87. The second-order valence-corrected chi connectivity index (χ2v) is 8.10. The molecule has 1 saturated carbocycles. The monoisotopic (exact) mass is 399 g/mol. The third-order valence-corrected chi connectivity index (χ3v) is 6.03. The number of rotatable bonds is 8. The van der Waals surface area contributed by atoms with Crippen molar-refractivity contribution >= 4 is 17.5 Å². The van der Waals surface area contributed by atoms with Gasteiger partial charge in [-0.05, 0) is 67.3 Å². The average molecular weight is 399 g/mol. The maximum absolute atomic E-state index is 13.1. The van der Waals surface area contributed by atoms with Crippen molar-refractivity contribution in [3.63, 3.8) is 0 Å². The number of thioether (sulfide) groups is 1. The Bertz CT molecular complexity index is 991. The van der Waals surface area contributed by atoms with E-state index < -0.39 is 0 Å². The van der Waals surface area contributed by atoms with Gasteiger partial charge in [0.2, 0.25) is 5.16 Å². The zero-order chi connectivity index (χ0) is 19.7. The number of halogens is 1. The van der Waals surface area contributed by atoms with E-state index in [0.717, 1.165) is 48.3 Å². The summed E-state index contributed by atoms with van der Waals surface area (Å²) in [6.45, 7) is 4.74. The zero-order valence-corrected chi connectivity index (χ0v) is 16.7. The molecule has 1 aliphatic carbocycles. The van der Waals surface area contributed by atoms with E-state index in [2.05, 4.69) is 20.1 Å². The summed E-state index contributed by atoms with van der Waals surface area (Å²) in [5, 5.41) is 12.5. The summed E-state index contributed by atoms with van der Waals surface area (Å²) in [5.41, 5.74) is 3.83. The van der Waals surface area contributed by atoms with E-state index in [1.807, 2.05) is 24.6 Å². The predicted octanol–water partition coefficient (Wildman–Crippen LogP) is 3.78. The van der Waals surface area contributed by atoms with Gasteiger partial charge in [0.1, 0.15) is 5.82 Å². The van der Waals surface area contributed by atoms with E-state index in [-0.39, 0.29) is 11.6 Å². The molecule has 2 heterocycles. The molecule has 1 fully saturated rings. The maximum atomic E-state index is 13.1. The van der Waals surface area contributed by atoms with Crippen LogP contribution < -0.4 is 0 Å². The Balaban J connectivity index is 1.41. The summed E-state index contributed by atoms with van der Waals surface area (Å²) in [4.78, 5) is 12.8. The molecule has 4 rings (SSSR count). The van der Waals surface area contributed by atoms with Gasteiger partial charge in [0.25, 0.3) is 0 Å². The quantitative estimate of drug-likeness (QED) is 0.426. The van der Waals surface area contributed by atoms with Crippen molar-refractivity contribution in [3.8, 4) is 0 Å². The fourth-order valence-corrected chi connectivity index (χ4v) is 4.18. The summed E-state index contributed by atoms with van der Waals surface area (Å²) in [6.07, 6.45) is 2.98. The lowest BCUT2D eigenvalue weighted by atomic mass is 10.1. The number of aromatic nitrogens is 5. The largest absolute Gasteiger partial charge is 0.348 e. The molecule has 0 saturated heterocycles. The molecule has 0 N–H and O–H groups in total. The molecule has 0 bridgehead atoms. The molecule has 2 aromatic heterocycles. The Morgan fingerprint density at radius 3 is 2.71 bits per heavy atom. The van der Waals surface area contributed by atoms with Crippen molar-refractivity contribution < 1.29 is 9.18 Å². The minimum absolute atomic E-state index is 0.0801. The van der Waals surface area contributed by atoms with Crippen LogP contribution in [-0.2, 0) is 13.0 Å². The van der Waals surface area contributed by atoms with Gasteiger partial charge in [0.15, 0.2) is 5.78 Å². The number of ketones is 1. The smallest absolute Gasteiger partial charge is 0.210 e. The van der Waals surface area contributed by atoms with E-state index in [9.17, 15) is 9.18 Å². The summed E-state index contributed by atoms with van der Waals surface area (Å²) < 4.78 is 17.0. The van der Waals surface area contributed by atoms with Gasteiger partial charge < -0.3 is 4.57 Å². The van der Waals surface area contributed by atoms with Crippen LogP contribution in [-0.4, -0.2) is 36.3 Å². The highest BCUT2D eigenvalue weighted by molar-refractivity contribution is 7.99. The second-order valence-electron chi connectivity index (χ2n) is 7.16. The number of hydrogen-bond acceptors (Lipinski definition) is 5. The van der Waals surface area contributed by atoms with E-state index in [4.69, 9.17) is 0 Å². The SMILES string of the molecule is Cc1cc(C(=O)CSc2nnnn2C2CC2)c(C)n1CCc1ccc(F)cc1. The fourth-order valence-electron chi connectivity index (χ4n) is 3.36. The van der Waals surface area contributed by atoms with E-state index in [1.165, 1.54) is 23.9 Å². The molecule has 0 atom stereocenters. The number of hydrogen-bond donors (Lipinski definition) is 0. The van der Waals surface area contributed by atoms with Gasteiger partial charge in [-0.3, -0.25) is 4.79 Å². The van der Waals surface area contributed by atoms with Crippen molar-refractivity contribution in [2.45, 2.75) is 50.9 Å². The molecule has 0 aliphatic heterocycles. The topological polar surface area (TPSA) is 65.6 Å². The summed E-state index contributed by atoms with van der Waals surface area (Å²) in [7, 11) is 0. The first-order valence-electron chi connectivity index (χ1n) is 9.38. The number of tetrazole rings is 1. The predicted molar refractivity (Wildman–Crippen MR) is 105 cm³/mol. The van der Waals surface area contributed by atoms with Crippen LogP contribution in [0, 0.1) is 19.7 Å². The Morgan fingerprint density at radius 1 is 1.25 bits per heavy atom. The van der Waals surface area contributed by atoms with Crippen molar-refractivity contribution in [1.29, 1.82) is 0 Å². The molecule has 0 amide bonds. The average Bonchev–Trinajstić information content (AvgIpc) is 3.35. The lowest BCUT2D eigenvalue weighted by molar-refractivity contribution is 0.102. The maximum Gasteiger partial charge on any atom is 0.210 e. The Labute approximate surface area is 167 Å². The molecule has 0 radical (unpaired) electrons. The number of nitrogens with zero attached hydrogens (tertiary/aromatic N) is 5. The minimum atomic E-state index is -0.227. The van der Waals surface area contributed by atoms with Gasteiger partial charge in [-0.1, -0.05) is 23.9 Å². The highest BCUT2D eigenvalue weighted by Crippen LogP contribution is 2.36. The highest BCUT2D eigenvalue weighted by atomic mass is 32.2. The van der Waals surface area contributed by atoms with Crippen LogP contribution in [0.4, 0.5) is 4.39 Å². The number of aryl methyl sites for hydroxylation is 2. The van der Waals surface area contributed by atoms with E-state index in [0.29, 0.717) is 17.0 Å². The van der Waals surface area contributed by atoms with Gasteiger partial charge in [-0.25, -0.2) is 9.07 Å². The van der Waals surface area contributed by atoms with Gasteiger partial charge >= 0.3 is 0 Å². The molecule has 8 heteroatoms. The lowest BCUT2D eigenvalue weighted by Gasteiger charge is -2.10. The number of benzene rings is 1. The van der Waals surface area contributed by atoms with Crippen LogP contribution in [0.15, 0.2) is 35.5 Å². The first-order chi connectivity index (χ1) is 13.5. The van der Waals surface area contributed by atoms with Crippen LogP contribution in [0.1, 0.15) is 46.2 Å². The normalized spacial score (nSPS) is 13.8. The van der Waals surface area contributed by atoms with Gasteiger partial charge in [0, 0.05) is 23.5 Å². The molecule has 0 unspecified atom stereocenters. The van der Waals surface area contributed by atoms with Crippen LogP contribution in [0.2, 0.25) is 0 Å².